The third-order valence-corrected chi connectivity index (χ3v) is 20.1. The minimum absolute atomic E-state index is 0. The van der Waals surface area contributed by atoms with Crippen LogP contribution in [-0.2, 0) is 60.1 Å². The molecule has 10 rings (SSSR count). The zero-order chi connectivity index (χ0) is 69.8. The number of piperidine rings is 2. The highest BCUT2D eigenvalue weighted by Gasteiger charge is 2.50. The first-order chi connectivity index (χ1) is 46.9. The molecule has 3 aliphatic heterocycles. The molecule has 6 aromatic carbocycles. The molecular formula is C75H90Cl3F7N8O8. The van der Waals surface area contributed by atoms with Gasteiger partial charge >= 0.3 is 18.4 Å². The Kier molecular flexibility index (Phi) is 28.9. The summed E-state index contributed by atoms with van der Waals surface area (Å²) in [6.45, 7) is 5.28. The van der Waals surface area contributed by atoms with Gasteiger partial charge in [0.15, 0.2) is 0 Å². The summed E-state index contributed by atoms with van der Waals surface area (Å²) in [5, 5.41) is 13.8. The van der Waals surface area contributed by atoms with Crippen LogP contribution in [0.4, 0.5) is 46.9 Å². The van der Waals surface area contributed by atoms with E-state index in [0.717, 1.165) is 83.8 Å². The van der Waals surface area contributed by atoms with E-state index in [4.69, 9.17) is 9.47 Å². The van der Waals surface area contributed by atoms with Crippen molar-refractivity contribution >= 4 is 78.3 Å². The van der Waals surface area contributed by atoms with E-state index in [0.29, 0.717) is 108 Å². The molecule has 2 N–H and O–H groups in total. The highest BCUT2D eigenvalue weighted by Crippen LogP contribution is 2.49. The van der Waals surface area contributed by atoms with Crippen molar-refractivity contribution in [2.75, 3.05) is 117 Å². The Labute approximate surface area is 604 Å². The van der Waals surface area contributed by atoms with Gasteiger partial charge in [0.25, 0.3) is 5.91 Å². The van der Waals surface area contributed by atoms with Crippen molar-refractivity contribution in [3.05, 3.63) is 190 Å². The normalized spacial score (nSPS) is 17.6. The summed E-state index contributed by atoms with van der Waals surface area (Å²) in [6.07, 6.45) is -4.12. The quantitative estimate of drug-likeness (QED) is 0.0373. The maximum Gasteiger partial charge on any atom is 0.416 e. The number of para-hydroxylation sites is 1. The number of rotatable bonds is 27. The number of likely N-dealkylation sites (N-methyl/N-ethyl adjacent to an activating group) is 3. The first-order valence-corrected chi connectivity index (χ1v) is 33.7. The van der Waals surface area contributed by atoms with E-state index in [1.54, 1.807) is 28.8 Å². The fourth-order valence-electron chi connectivity index (χ4n) is 14.2. The number of benzene rings is 6. The third kappa shape index (κ3) is 20.4. The maximum absolute atomic E-state index is 14.2. The van der Waals surface area contributed by atoms with Crippen LogP contribution in [0.1, 0.15) is 108 Å². The van der Waals surface area contributed by atoms with Crippen molar-refractivity contribution in [3.8, 4) is 11.1 Å². The van der Waals surface area contributed by atoms with Crippen LogP contribution in [-0.4, -0.2) is 183 Å². The average molecular weight is 1470 g/mol. The first kappa shape index (κ1) is 80.8. The van der Waals surface area contributed by atoms with Crippen LogP contribution in [0.3, 0.4) is 0 Å². The second-order valence-corrected chi connectivity index (χ2v) is 26.5. The summed E-state index contributed by atoms with van der Waals surface area (Å²) in [4.78, 5) is 78.6. The second-order valence-electron chi connectivity index (χ2n) is 26.5. The molecule has 548 valence electrons. The number of hydrogen-bond acceptors (Lipinski definition) is 10. The number of alkyl halides is 6. The number of nitrogens with zero attached hydrogens (tertiary/aromatic N) is 7. The predicted molar refractivity (Wildman–Crippen MR) is 382 cm³/mol. The van der Waals surface area contributed by atoms with Crippen LogP contribution >= 0.6 is 37.2 Å². The molecule has 3 fully saturated rings. The number of carbonyl (C=O) groups excluding carboxylic acids is 4. The number of ether oxygens (including phenoxy) is 2. The number of unbranched alkanes of at least 4 members (excludes halogenated alkanes) is 2. The molecule has 0 unspecified atom stereocenters. The smallest absolute Gasteiger partial charge is 0.416 e. The van der Waals surface area contributed by atoms with Crippen LogP contribution in [0.15, 0.2) is 146 Å². The molecule has 1 aliphatic carbocycles. The van der Waals surface area contributed by atoms with Crippen LogP contribution in [0.2, 0.25) is 0 Å². The van der Waals surface area contributed by atoms with Crippen molar-refractivity contribution < 1.29 is 69.3 Å². The molecule has 6 aromatic rings. The molecular weight excluding hydrogens is 1380 g/mol. The number of fused-ring (bicyclic) bond motifs is 2. The van der Waals surface area contributed by atoms with E-state index >= 15 is 0 Å². The number of nitrogens with one attached hydrogen (secondary N) is 1. The number of carboxylic acid groups (broad SMARTS) is 1. The molecule has 2 atom stereocenters. The minimum Gasteiger partial charge on any atom is -0.465 e. The molecule has 0 radical (unpaired) electrons. The number of carbonyl (C=O) groups is 5. The highest BCUT2D eigenvalue weighted by molar-refractivity contribution is 5.95. The van der Waals surface area contributed by atoms with Crippen molar-refractivity contribution in [1.29, 1.82) is 0 Å². The van der Waals surface area contributed by atoms with Gasteiger partial charge < -0.3 is 49.3 Å². The molecule has 16 nitrogen and oxygen atoms in total. The monoisotopic (exact) mass is 1470 g/mol. The summed E-state index contributed by atoms with van der Waals surface area (Å²) in [5.41, 5.74) is 1.50. The standard InChI is InChI=1S/C75H87F7N8O8.3ClH/c1-84(68(92)45-53-22-28-61(29-23-53)83-35-13-5-8-21-67(91)86(3)43-44-87-38-30-62(31-39-87)90(71(95)96)65-20-12-10-18-63(65)54-15-6-4-7-16-54)36-14-37-85(2)69(93)50-97-66-48-55-17-9-11-19-64(55)72(66)32-40-88(41-33-72)42-34-73(57-24-26-60(76)27-25-57)51-89(52-98-73)70(94)56-46-58(74(77,78)79)49-59(47-56)75(80,81)82;;;/h4,6-7,9-12,15-20,22-29,46-47,49,62,66,83H,5,8,13-14,21,30-45,48,50-52H2,1-3H3,(H,95,96);3*1H/t66-,73-;;;/m0.../s1. The Balaban J connectivity index is 0.00000477. The summed E-state index contributed by atoms with van der Waals surface area (Å²) in [6, 6.07) is 39.5. The molecule has 1 spiro atoms. The summed E-state index contributed by atoms with van der Waals surface area (Å²) in [5.74, 6) is -1.73. The lowest BCUT2D eigenvalue weighted by atomic mass is 9.72. The molecule has 0 bridgehead atoms. The summed E-state index contributed by atoms with van der Waals surface area (Å²) < 4.78 is 110. The van der Waals surface area contributed by atoms with E-state index in [2.05, 4.69) is 27.2 Å². The van der Waals surface area contributed by atoms with Gasteiger partial charge in [-0.25, -0.2) is 9.18 Å². The maximum atomic E-state index is 14.2. The Hall–Kier alpha value is -7.51. The van der Waals surface area contributed by atoms with Gasteiger partial charge in [0.05, 0.1) is 35.9 Å². The molecule has 0 aromatic heterocycles. The van der Waals surface area contributed by atoms with E-state index < -0.39 is 64.6 Å². The lowest BCUT2D eigenvalue weighted by Crippen LogP contribution is -2.50. The number of hydrogen-bond donors (Lipinski definition) is 2. The Morgan fingerprint density at radius 1 is 0.653 bits per heavy atom. The number of amides is 5. The van der Waals surface area contributed by atoms with Crippen LogP contribution in [0, 0.1) is 5.82 Å². The van der Waals surface area contributed by atoms with Gasteiger partial charge in [-0.3, -0.25) is 24.1 Å². The molecule has 5 amide bonds. The fraction of sp³-hybridized carbons (Fsp3) is 0.453. The average Bonchev–Trinajstić information content (AvgIpc) is 1.60. The van der Waals surface area contributed by atoms with Gasteiger partial charge in [-0.2, -0.15) is 26.3 Å². The minimum atomic E-state index is -5.15. The van der Waals surface area contributed by atoms with Gasteiger partial charge in [0, 0.05) is 108 Å². The first-order valence-electron chi connectivity index (χ1n) is 33.7. The van der Waals surface area contributed by atoms with Crippen molar-refractivity contribution in [1.82, 2.24) is 29.4 Å². The Morgan fingerprint density at radius 2 is 1.26 bits per heavy atom. The lowest BCUT2D eigenvalue weighted by molar-refractivity contribution is -0.143. The van der Waals surface area contributed by atoms with E-state index in [9.17, 15) is 59.8 Å². The lowest BCUT2D eigenvalue weighted by Gasteiger charge is -2.44. The molecule has 0 saturated carbocycles. The van der Waals surface area contributed by atoms with Crippen molar-refractivity contribution in [2.45, 2.75) is 113 Å². The zero-order valence-corrected chi connectivity index (χ0v) is 59.4. The highest BCUT2D eigenvalue weighted by atomic mass is 35.5. The van der Waals surface area contributed by atoms with Gasteiger partial charge in [-0.15, -0.1) is 37.2 Å². The van der Waals surface area contributed by atoms with Gasteiger partial charge in [-0.05, 0) is 147 Å². The van der Waals surface area contributed by atoms with Crippen LogP contribution in [0.25, 0.3) is 11.1 Å². The number of anilines is 2. The predicted octanol–water partition coefficient (Wildman–Crippen LogP) is 14.1. The second kappa shape index (κ2) is 36.1. The molecule has 3 heterocycles. The summed E-state index contributed by atoms with van der Waals surface area (Å²) in [7, 11) is 5.33. The Morgan fingerprint density at radius 3 is 1.91 bits per heavy atom. The van der Waals surface area contributed by atoms with Crippen LogP contribution in [0.5, 0.6) is 0 Å². The SMILES string of the molecule is CN(CCN1CCC(N(C(=O)O)c2ccccc2-c2ccccc2)CC1)C(=O)CCCCCNc1ccc(CC(=O)N(C)CCCN(C)C(=O)CO[C@H]2Cc3ccccc3C23CCN(CC[C@@]2(c4ccc(F)cc4)CN(C(=O)c4cc(C(F)(F)F)cc(C(F)(F)F)c4)CO2)CC3)cc1.Cl.Cl.Cl. The van der Waals surface area contributed by atoms with E-state index in [1.165, 1.54) is 29.2 Å². The van der Waals surface area contributed by atoms with Crippen LogP contribution < -0.4 is 10.2 Å². The van der Waals surface area contributed by atoms with Gasteiger partial charge in [0.2, 0.25) is 17.7 Å². The fourth-order valence-corrected chi connectivity index (χ4v) is 14.2. The largest absolute Gasteiger partial charge is 0.465 e. The zero-order valence-electron chi connectivity index (χ0n) is 57.0. The molecule has 26 heteroatoms. The third-order valence-electron chi connectivity index (χ3n) is 20.1. The van der Waals surface area contributed by atoms with Crippen molar-refractivity contribution in [3.63, 3.8) is 0 Å². The molecule has 4 aliphatic rings. The van der Waals surface area contributed by atoms with E-state index in [1.807, 2.05) is 98.0 Å². The van der Waals surface area contributed by atoms with E-state index in [-0.39, 0.29) is 99.1 Å². The molecule has 3 saturated heterocycles. The van der Waals surface area contributed by atoms with Gasteiger partial charge in [-0.1, -0.05) is 103 Å². The number of halogens is 10. The van der Waals surface area contributed by atoms with Crippen molar-refractivity contribution in [2.24, 2.45) is 0 Å². The number of likely N-dealkylation sites (tertiary alicyclic amines) is 2. The summed E-state index contributed by atoms with van der Waals surface area (Å²) >= 11 is 0. The topological polar surface area (TPSA) is 159 Å². The van der Waals surface area contributed by atoms with Gasteiger partial charge in [0.1, 0.15) is 24.8 Å². The molecule has 101 heavy (non-hydrogen) atoms. The Bertz CT molecular complexity index is 3680.